The molecular formula is C7H8Cl2N2OS. The van der Waals surface area contributed by atoms with Gasteiger partial charge < -0.3 is 11.1 Å². The van der Waals surface area contributed by atoms with Crippen LogP contribution in [0.25, 0.3) is 0 Å². The Morgan fingerprint density at radius 3 is 2.85 bits per heavy atom. The van der Waals surface area contributed by atoms with Crippen molar-refractivity contribution in [1.29, 1.82) is 0 Å². The Kier molecular flexibility index (Phi) is 3.84. The summed E-state index contributed by atoms with van der Waals surface area (Å²) in [5.41, 5.74) is 6.04. The van der Waals surface area contributed by atoms with Gasteiger partial charge in [-0.3, -0.25) is 4.79 Å². The first-order chi connectivity index (χ1) is 6.09. The zero-order chi connectivity index (χ0) is 9.84. The predicted molar refractivity (Wildman–Crippen MR) is 56.6 cm³/mol. The fourth-order valence-electron chi connectivity index (χ4n) is 0.727. The third kappa shape index (κ3) is 3.42. The number of nitrogens with one attached hydrogen (secondary N) is 1. The first-order valence-electron chi connectivity index (χ1n) is 3.50. The van der Waals surface area contributed by atoms with Crippen molar-refractivity contribution in [3.8, 4) is 0 Å². The lowest BCUT2D eigenvalue weighted by Gasteiger charge is -2.02. The highest BCUT2D eigenvalue weighted by Gasteiger charge is 2.08. The average molecular weight is 239 g/mol. The second-order valence-corrected chi connectivity index (χ2v) is 4.53. The highest BCUT2D eigenvalue weighted by atomic mass is 35.5. The summed E-state index contributed by atoms with van der Waals surface area (Å²) in [6, 6.07) is 1.61. The van der Waals surface area contributed by atoms with Crippen LogP contribution < -0.4 is 11.1 Å². The number of nitrogens with two attached hydrogens (primary N) is 1. The van der Waals surface area contributed by atoms with Crippen LogP contribution in [0, 0.1) is 0 Å². The number of alkyl halides is 2. The summed E-state index contributed by atoms with van der Waals surface area (Å²) >= 11 is 12.2. The minimum atomic E-state index is -0.582. The number of rotatable bonds is 3. The summed E-state index contributed by atoms with van der Waals surface area (Å²) in [6.45, 7) is 0.236. The molecule has 0 unspecified atom stereocenters. The zero-order valence-corrected chi connectivity index (χ0v) is 8.92. The van der Waals surface area contributed by atoms with Gasteiger partial charge in [0.1, 0.15) is 4.84 Å². The van der Waals surface area contributed by atoms with E-state index in [4.69, 9.17) is 28.9 Å². The molecule has 1 aromatic heterocycles. The van der Waals surface area contributed by atoms with Crippen LogP contribution >= 0.6 is 34.5 Å². The highest BCUT2D eigenvalue weighted by molar-refractivity contribution is 7.12. The van der Waals surface area contributed by atoms with Crippen molar-refractivity contribution in [2.45, 2.75) is 4.84 Å². The fraction of sp³-hybridized carbons (Fsp3) is 0.286. The highest BCUT2D eigenvalue weighted by Crippen LogP contribution is 2.15. The van der Waals surface area contributed by atoms with Crippen LogP contribution in [-0.4, -0.2) is 17.3 Å². The molecule has 1 rings (SSSR count). The molecule has 1 aromatic rings. The number of carbonyl (C=O) groups is 1. The molecule has 0 saturated heterocycles. The monoisotopic (exact) mass is 238 g/mol. The minimum Gasteiger partial charge on any atom is -0.398 e. The number of anilines is 1. The Labute approximate surface area is 89.8 Å². The van der Waals surface area contributed by atoms with Gasteiger partial charge in [0.05, 0.1) is 4.88 Å². The molecule has 13 heavy (non-hydrogen) atoms. The fourth-order valence-corrected chi connectivity index (χ4v) is 1.60. The number of hydrogen-bond donors (Lipinski definition) is 2. The molecule has 0 aliphatic carbocycles. The Balaban J connectivity index is 2.49. The third-order valence-electron chi connectivity index (χ3n) is 1.26. The van der Waals surface area contributed by atoms with E-state index in [1.165, 1.54) is 11.3 Å². The molecule has 3 N–H and O–H groups in total. The summed E-state index contributed by atoms with van der Waals surface area (Å²) in [5.74, 6) is -0.201. The zero-order valence-electron chi connectivity index (χ0n) is 6.59. The van der Waals surface area contributed by atoms with Crippen molar-refractivity contribution < 1.29 is 4.79 Å². The van der Waals surface area contributed by atoms with Gasteiger partial charge in [-0.25, -0.2) is 0 Å². The number of hydrogen-bond acceptors (Lipinski definition) is 3. The van der Waals surface area contributed by atoms with E-state index in [0.29, 0.717) is 10.6 Å². The van der Waals surface area contributed by atoms with Crippen LogP contribution in [0.2, 0.25) is 0 Å². The smallest absolute Gasteiger partial charge is 0.261 e. The number of thiophene rings is 1. The normalized spacial score (nSPS) is 10.4. The molecule has 6 heteroatoms. The summed E-state index contributed by atoms with van der Waals surface area (Å²) in [7, 11) is 0. The largest absolute Gasteiger partial charge is 0.398 e. The van der Waals surface area contributed by atoms with Gasteiger partial charge in [-0.15, -0.1) is 34.5 Å². The van der Waals surface area contributed by atoms with Crippen LogP contribution in [0.1, 0.15) is 9.67 Å². The molecule has 1 amide bonds. The maximum Gasteiger partial charge on any atom is 0.261 e. The molecule has 0 aliphatic heterocycles. The van der Waals surface area contributed by atoms with Crippen LogP contribution in [0.4, 0.5) is 5.69 Å². The lowest BCUT2D eigenvalue weighted by molar-refractivity contribution is 0.0959. The van der Waals surface area contributed by atoms with Crippen molar-refractivity contribution >= 4 is 46.1 Å². The van der Waals surface area contributed by atoms with Crippen molar-refractivity contribution in [1.82, 2.24) is 5.32 Å². The van der Waals surface area contributed by atoms with Crippen molar-refractivity contribution in [2.24, 2.45) is 0 Å². The van der Waals surface area contributed by atoms with Gasteiger partial charge in [-0.1, -0.05) is 0 Å². The molecule has 1 heterocycles. The molecule has 3 nitrogen and oxygen atoms in total. The molecule has 0 fully saturated rings. The lowest BCUT2D eigenvalue weighted by atomic mass is 10.4. The van der Waals surface area contributed by atoms with Crippen LogP contribution in [0.3, 0.4) is 0 Å². The van der Waals surface area contributed by atoms with Gasteiger partial charge in [-0.2, -0.15) is 0 Å². The van der Waals surface area contributed by atoms with Crippen molar-refractivity contribution in [3.05, 3.63) is 16.3 Å². The third-order valence-corrected chi connectivity index (χ3v) is 2.52. The summed E-state index contributed by atoms with van der Waals surface area (Å²) < 4.78 is 0. The first-order valence-corrected chi connectivity index (χ1v) is 5.25. The van der Waals surface area contributed by atoms with Gasteiger partial charge in [0.15, 0.2) is 0 Å². The molecule has 0 saturated carbocycles. The number of halogens is 2. The predicted octanol–water partition coefficient (Wildman–Crippen LogP) is 1.86. The summed E-state index contributed by atoms with van der Waals surface area (Å²) in [5, 5.41) is 4.27. The first kappa shape index (κ1) is 10.6. The van der Waals surface area contributed by atoms with Gasteiger partial charge in [0, 0.05) is 17.6 Å². The van der Waals surface area contributed by atoms with Crippen molar-refractivity contribution in [2.75, 3.05) is 12.3 Å². The number of amides is 1. The van der Waals surface area contributed by atoms with E-state index in [2.05, 4.69) is 5.32 Å². The molecule has 0 bridgehead atoms. The van der Waals surface area contributed by atoms with E-state index in [0.717, 1.165) is 0 Å². The number of carbonyl (C=O) groups excluding carboxylic acids is 1. The Bertz CT molecular complexity index is 300. The van der Waals surface area contributed by atoms with Crippen LogP contribution in [-0.2, 0) is 0 Å². The lowest BCUT2D eigenvalue weighted by Crippen LogP contribution is -2.26. The van der Waals surface area contributed by atoms with Gasteiger partial charge >= 0.3 is 0 Å². The molecule has 72 valence electrons. The molecule has 0 aliphatic rings. The maximum absolute atomic E-state index is 11.3. The van der Waals surface area contributed by atoms with E-state index in [-0.39, 0.29) is 12.5 Å². The topological polar surface area (TPSA) is 55.1 Å². The van der Waals surface area contributed by atoms with E-state index < -0.39 is 4.84 Å². The molecule has 0 aromatic carbocycles. The standard InChI is InChI=1S/C7H8Cl2N2OS/c8-6(9)2-11-7(12)5-1-4(10)3-13-5/h1,3,6H,2,10H2,(H,11,12). The van der Waals surface area contributed by atoms with Crippen molar-refractivity contribution in [3.63, 3.8) is 0 Å². The molecule has 0 radical (unpaired) electrons. The van der Waals surface area contributed by atoms with Gasteiger partial charge in [-0.05, 0) is 6.07 Å². The van der Waals surface area contributed by atoms with Crippen LogP contribution in [0.15, 0.2) is 11.4 Å². The molecular weight excluding hydrogens is 231 g/mol. The SMILES string of the molecule is Nc1csc(C(=O)NCC(Cl)Cl)c1. The minimum absolute atomic E-state index is 0.201. The Morgan fingerprint density at radius 1 is 1.69 bits per heavy atom. The quantitative estimate of drug-likeness (QED) is 0.791. The van der Waals surface area contributed by atoms with Crippen LogP contribution in [0.5, 0.6) is 0 Å². The van der Waals surface area contributed by atoms with E-state index in [1.54, 1.807) is 11.4 Å². The second kappa shape index (κ2) is 4.69. The number of nitrogen functional groups attached to an aromatic ring is 1. The van der Waals surface area contributed by atoms with Gasteiger partial charge in [0.2, 0.25) is 0 Å². The second-order valence-electron chi connectivity index (χ2n) is 2.35. The van der Waals surface area contributed by atoms with Gasteiger partial charge in [0.25, 0.3) is 5.91 Å². The van der Waals surface area contributed by atoms with E-state index in [9.17, 15) is 4.79 Å². The summed E-state index contributed by atoms with van der Waals surface area (Å²) in [4.78, 5) is 11.3. The summed E-state index contributed by atoms with van der Waals surface area (Å²) in [6.07, 6.45) is 0. The molecule has 0 spiro atoms. The van der Waals surface area contributed by atoms with E-state index >= 15 is 0 Å². The molecule has 0 atom stereocenters. The Hall–Kier alpha value is -0.450. The maximum atomic E-state index is 11.3. The average Bonchev–Trinajstić information content (AvgIpc) is 2.47. The Morgan fingerprint density at radius 2 is 2.38 bits per heavy atom. The van der Waals surface area contributed by atoms with E-state index in [1.807, 2.05) is 0 Å².